The van der Waals surface area contributed by atoms with E-state index in [1.54, 1.807) is 0 Å². The van der Waals surface area contributed by atoms with Crippen molar-refractivity contribution in [2.75, 3.05) is 57.3 Å². The highest BCUT2D eigenvalue weighted by Crippen LogP contribution is 2.23. The van der Waals surface area contributed by atoms with E-state index in [0.717, 1.165) is 62.6 Å². The van der Waals surface area contributed by atoms with Gasteiger partial charge < -0.3 is 14.5 Å². The van der Waals surface area contributed by atoms with E-state index < -0.39 is 5.60 Å². The van der Waals surface area contributed by atoms with Gasteiger partial charge in [0.15, 0.2) is 0 Å². The Morgan fingerprint density at radius 2 is 1.77 bits per heavy atom. The number of ether oxygens (including phenoxy) is 1. The van der Waals surface area contributed by atoms with Crippen LogP contribution in [-0.4, -0.2) is 95.8 Å². The first-order valence-electron chi connectivity index (χ1n) is 10.9. The van der Waals surface area contributed by atoms with Gasteiger partial charge in [-0.15, -0.1) is 0 Å². The summed E-state index contributed by atoms with van der Waals surface area (Å²) in [5.74, 6) is 1.04. The van der Waals surface area contributed by atoms with Crippen LogP contribution in [0.3, 0.4) is 0 Å². The van der Waals surface area contributed by atoms with Crippen molar-refractivity contribution in [2.45, 2.75) is 52.3 Å². The van der Waals surface area contributed by atoms with Crippen molar-refractivity contribution in [3.05, 3.63) is 22.8 Å². The number of piperazine rings is 2. The molecule has 2 fully saturated rings. The number of carbonyl (C=O) groups is 1. The van der Waals surface area contributed by atoms with Crippen LogP contribution in [0.4, 0.5) is 10.6 Å². The Morgan fingerprint density at radius 3 is 2.33 bits per heavy atom. The number of pyridine rings is 1. The molecule has 168 valence electrons. The molecule has 0 N–H and O–H groups in total. The Morgan fingerprint density at radius 1 is 1.13 bits per heavy atom. The number of aromatic nitrogens is 1. The molecule has 2 aliphatic heterocycles. The first kappa shape index (κ1) is 23.3. The van der Waals surface area contributed by atoms with Crippen molar-refractivity contribution in [3.63, 3.8) is 0 Å². The second-order valence-electron chi connectivity index (χ2n) is 9.48. The third-order valence-corrected chi connectivity index (χ3v) is 6.32. The Balaban J connectivity index is 1.45. The van der Waals surface area contributed by atoms with Crippen molar-refractivity contribution in [3.8, 4) is 0 Å². The van der Waals surface area contributed by atoms with E-state index in [-0.39, 0.29) is 6.09 Å². The highest BCUT2D eigenvalue weighted by molar-refractivity contribution is 9.10. The Kier molecular flexibility index (Phi) is 7.63. The molecule has 1 aromatic heterocycles. The second kappa shape index (κ2) is 9.83. The molecule has 1 amide bonds. The third kappa shape index (κ3) is 6.31. The summed E-state index contributed by atoms with van der Waals surface area (Å²) in [6, 6.07) is 5.00. The molecule has 0 aliphatic carbocycles. The summed E-state index contributed by atoms with van der Waals surface area (Å²) >= 11 is 3.55. The van der Waals surface area contributed by atoms with Crippen molar-refractivity contribution >= 4 is 27.8 Å². The van der Waals surface area contributed by atoms with Crippen molar-refractivity contribution in [2.24, 2.45) is 0 Å². The van der Waals surface area contributed by atoms with Crippen LogP contribution in [0, 0.1) is 0 Å². The van der Waals surface area contributed by atoms with E-state index in [1.807, 2.05) is 37.9 Å². The summed E-state index contributed by atoms with van der Waals surface area (Å²) in [7, 11) is 0. The maximum absolute atomic E-state index is 12.2. The third-order valence-electron chi connectivity index (χ3n) is 5.83. The minimum atomic E-state index is -0.437. The predicted molar refractivity (Wildman–Crippen MR) is 124 cm³/mol. The normalized spacial score (nSPS) is 24.2. The van der Waals surface area contributed by atoms with Gasteiger partial charge in [-0.25, -0.2) is 9.78 Å². The monoisotopic (exact) mass is 481 g/mol. The van der Waals surface area contributed by atoms with Crippen LogP contribution >= 0.6 is 15.9 Å². The number of anilines is 1. The maximum Gasteiger partial charge on any atom is 0.410 e. The van der Waals surface area contributed by atoms with E-state index in [1.165, 1.54) is 0 Å². The molecular formula is C22H36BrN5O2. The summed E-state index contributed by atoms with van der Waals surface area (Å²) in [4.78, 5) is 26.1. The molecule has 30 heavy (non-hydrogen) atoms. The average Bonchev–Trinajstić information content (AvgIpc) is 2.66. The highest BCUT2D eigenvalue weighted by atomic mass is 79.9. The number of hydrogen-bond donors (Lipinski definition) is 0. The zero-order chi connectivity index (χ0) is 21.9. The van der Waals surface area contributed by atoms with Gasteiger partial charge in [0.05, 0.1) is 0 Å². The molecule has 0 bridgehead atoms. The zero-order valence-corrected chi connectivity index (χ0v) is 20.6. The number of amides is 1. The summed E-state index contributed by atoms with van der Waals surface area (Å²) < 4.78 is 6.57. The van der Waals surface area contributed by atoms with Crippen LogP contribution in [-0.2, 0) is 4.74 Å². The van der Waals surface area contributed by atoms with E-state index in [2.05, 4.69) is 55.5 Å². The smallest absolute Gasteiger partial charge is 0.410 e. The van der Waals surface area contributed by atoms with E-state index in [0.29, 0.717) is 12.1 Å². The van der Waals surface area contributed by atoms with Crippen molar-refractivity contribution in [1.82, 2.24) is 19.7 Å². The molecule has 2 aliphatic rings. The van der Waals surface area contributed by atoms with E-state index in [9.17, 15) is 4.79 Å². The fourth-order valence-corrected chi connectivity index (χ4v) is 4.61. The number of halogens is 1. The zero-order valence-electron chi connectivity index (χ0n) is 19.0. The van der Waals surface area contributed by atoms with Crippen molar-refractivity contribution < 1.29 is 9.53 Å². The van der Waals surface area contributed by atoms with Gasteiger partial charge in [0.2, 0.25) is 0 Å². The molecule has 8 heteroatoms. The lowest BCUT2D eigenvalue weighted by Gasteiger charge is -2.46. The molecule has 2 saturated heterocycles. The van der Waals surface area contributed by atoms with Crippen LogP contribution in [0.1, 0.15) is 34.6 Å². The van der Waals surface area contributed by atoms with Gasteiger partial charge in [0.25, 0.3) is 0 Å². The summed E-state index contributed by atoms with van der Waals surface area (Å²) in [5, 5.41) is 0. The summed E-state index contributed by atoms with van der Waals surface area (Å²) in [5.41, 5.74) is -0.437. The lowest BCUT2D eigenvalue weighted by Crippen LogP contribution is -2.59. The van der Waals surface area contributed by atoms with Gasteiger partial charge in [-0.1, -0.05) is 15.9 Å². The number of carbonyl (C=O) groups excluding carboxylic acids is 1. The molecule has 0 unspecified atom stereocenters. The fraction of sp³-hybridized carbons (Fsp3) is 0.727. The van der Waals surface area contributed by atoms with Crippen LogP contribution in [0.15, 0.2) is 22.8 Å². The maximum atomic E-state index is 12.2. The topological polar surface area (TPSA) is 52.2 Å². The van der Waals surface area contributed by atoms with Gasteiger partial charge in [-0.3, -0.25) is 9.80 Å². The molecule has 0 spiro atoms. The van der Waals surface area contributed by atoms with Crippen LogP contribution < -0.4 is 4.90 Å². The molecule has 0 radical (unpaired) electrons. The number of rotatable bonds is 4. The summed E-state index contributed by atoms with van der Waals surface area (Å²) in [6.07, 6.45) is 1.67. The molecule has 2 atom stereocenters. The quantitative estimate of drug-likeness (QED) is 0.657. The van der Waals surface area contributed by atoms with E-state index >= 15 is 0 Å². The van der Waals surface area contributed by atoms with Gasteiger partial charge in [0.1, 0.15) is 11.4 Å². The van der Waals surface area contributed by atoms with Crippen LogP contribution in [0.2, 0.25) is 0 Å². The standard InChI is InChI=1S/C22H36BrN5O2/c1-17-15-27(20-14-19(23)6-7-24-20)16-18(2)28(17)13-10-25-8-11-26(12-9-25)21(29)30-22(3,4)5/h6-7,14,17-18H,8-13,15-16H2,1-5H3/t17-,18+. The largest absolute Gasteiger partial charge is 0.444 e. The Labute approximate surface area is 189 Å². The van der Waals surface area contributed by atoms with Gasteiger partial charge in [-0.05, 0) is 46.8 Å². The first-order chi connectivity index (χ1) is 14.1. The molecule has 7 nitrogen and oxygen atoms in total. The molecular weight excluding hydrogens is 446 g/mol. The fourth-order valence-electron chi connectivity index (χ4n) is 4.29. The minimum absolute atomic E-state index is 0.193. The average molecular weight is 482 g/mol. The van der Waals surface area contributed by atoms with Crippen molar-refractivity contribution in [1.29, 1.82) is 0 Å². The van der Waals surface area contributed by atoms with Gasteiger partial charge in [0, 0.05) is 75.1 Å². The second-order valence-corrected chi connectivity index (χ2v) is 10.4. The molecule has 0 saturated carbocycles. The number of hydrogen-bond acceptors (Lipinski definition) is 6. The van der Waals surface area contributed by atoms with Crippen LogP contribution in [0.25, 0.3) is 0 Å². The molecule has 3 rings (SSSR count). The van der Waals surface area contributed by atoms with Gasteiger partial charge >= 0.3 is 6.09 Å². The lowest BCUT2D eigenvalue weighted by atomic mass is 10.1. The predicted octanol–water partition coefficient (Wildman–Crippen LogP) is 3.30. The molecule has 1 aromatic rings. The Hall–Kier alpha value is -1.38. The van der Waals surface area contributed by atoms with Gasteiger partial charge in [-0.2, -0.15) is 0 Å². The van der Waals surface area contributed by atoms with Crippen LogP contribution in [0.5, 0.6) is 0 Å². The minimum Gasteiger partial charge on any atom is -0.444 e. The SMILES string of the molecule is C[C@@H]1CN(c2cc(Br)ccn2)C[C@H](C)N1CCN1CCN(C(=O)OC(C)(C)C)CC1. The van der Waals surface area contributed by atoms with E-state index in [4.69, 9.17) is 4.74 Å². The number of nitrogens with zero attached hydrogens (tertiary/aromatic N) is 5. The first-order valence-corrected chi connectivity index (χ1v) is 11.7. The highest BCUT2D eigenvalue weighted by Gasteiger charge is 2.31. The lowest BCUT2D eigenvalue weighted by molar-refractivity contribution is 0.0128. The Bertz CT molecular complexity index is 706. The molecule has 3 heterocycles. The summed E-state index contributed by atoms with van der Waals surface area (Å²) in [6.45, 7) is 17.7. The molecule has 0 aromatic carbocycles.